The van der Waals surface area contributed by atoms with E-state index in [1.807, 2.05) is 27.7 Å². The van der Waals surface area contributed by atoms with Crippen LogP contribution in [0.15, 0.2) is 12.7 Å². The van der Waals surface area contributed by atoms with Crippen LogP contribution in [0.3, 0.4) is 0 Å². The van der Waals surface area contributed by atoms with Gasteiger partial charge in [-0.25, -0.2) is 15.0 Å². The molecule has 4 unspecified atom stereocenters. The summed E-state index contributed by atoms with van der Waals surface area (Å²) >= 11 is 0. The smallest absolute Gasteiger partial charge is 0.355 e. The average Bonchev–Trinajstić information content (AvgIpc) is 3.38. The zero-order valence-corrected chi connectivity index (χ0v) is 28.2. The third kappa shape index (κ3) is 15.8. The fourth-order valence-corrected chi connectivity index (χ4v) is 5.94. The van der Waals surface area contributed by atoms with E-state index in [0.29, 0.717) is 24.1 Å². The summed E-state index contributed by atoms with van der Waals surface area (Å²) in [5, 5.41) is 0. The Labute approximate surface area is 259 Å². The summed E-state index contributed by atoms with van der Waals surface area (Å²) in [6.45, 7) is 10.5. The van der Waals surface area contributed by atoms with E-state index >= 15 is 0 Å². The van der Waals surface area contributed by atoms with E-state index < -0.39 is 26.3 Å². The number of nitrogen functional groups attached to an aromatic ring is 1. The quantitative estimate of drug-likeness (QED) is 0.0607. The van der Waals surface area contributed by atoms with Gasteiger partial charge >= 0.3 is 7.60 Å². The van der Waals surface area contributed by atoms with Crippen LogP contribution in [-0.4, -0.2) is 62.0 Å². The molecule has 0 aromatic carbocycles. The molecule has 0 spiro atoms. The van der Waals surface area contributed by atoms with Crippen molar-refractivity contribution in [3.63, 3.8) is 0 Å². The van der Waals surface area contributed by atoms with E-state index in [2.05, 4.69) is 21.9 Å². The summed E-state index contributed by atoms with van der Waals surface area (Å²) in [6.07, 6.45) is 18.0. The molecular formula is C31H58N5O6P. The van der Waals surface area contributed by atoms with Crippen molar-refractivity contribution < 1.29 is 28.2 Å². The summed E-state index contributed by atoms with van der Waals surface area (Å²) in [5.41, 5.74) is 6.94. The van der Waals surface area contributed by atoms with E-state index in [1.54, 1.807) is 10.9 Å². The predicted octanol–water partition coefficient (Wildman–Crippen LogP) is 7.61. The number of imidazole rings is 1. The topological polar surface area (TPSA) is 144 Å². The molecule has 0 radical (unpaired) electrons. The predicted molar refractivity (Wildman–Crippen MR) is 172 cm³/mol. The van der Waals surface area contributed by atoms with Crippen LogP contribution in [0.25, 0.3) is 11.2 Å². The van der Waals surface area contributed by atoms with E-state index in [-0.39, 0.29) is 24.6 Å². The maximum absolute atomic E-state index is 13.0. The third-order valence-corrected chi connectivity index (χ3v) is 8.42. The van der Waals surface area contributed by atoms with Gasteiger partial charge in [-0.3, -0.25) is 9.09 Å². The zero-order chi connectivity index (χ0) is 31.5. The van der Waals surface area contributed by atoms with Crippen molar-refractivity contribution in [2.75, 3.05) is 18.7 Å². The van der Waals surface area contributed by atoms with Gasteiger partial charge in [-0.05, 0) is 33.6 Å². The normalized spacial score (nSPS) is 15.6. The summed E-state index contributed by atoms with van der Waals surface area (Å²) < 4.78 is 37.9. The minimum Gasteiger partial charge on any atom is -0.382 e. The second-order valence-electron chi connectivity index (χ2n) is 11.8. The van der Waals surface area contributed by atoms with Crippen LogP contribution in [0.5, 0.6) is 0 Å². The van der Waals surface area contributed by atoms with Gasteiger partial charge in [0, 0.05) is 0 Å². The first-order valence-electron chi connectivity index (χ1n) is 16.4. The Morgan fingerprint density at radius 2 is 1.53 bits per heavy atom. The van der Waals surface area contributed by atoms with Gasteiger partial charge in [0.25, 0.3) is 0 Å². The number of nitrogens with two attached hydrogens (primary N) is 1. The molecule has 0 fully saturated rings. The summed E-state index contributed by atoms with van der Waals surface area (Å²) in [7, 11) is -4.10. The van der Waals surface area contributed by atoms with Crippen molar-refractivity contribution in [3.8, 4) is 0 Å². The van der Waals surface area contributed by atoms with Gasteiger partial charge < -0.3 is 29.4 Å². The number of unbranched alkanes of at least 4 members (excludes halogenated alkanes) is 11. The molecular weight excluding hydrogens is 569 g/mol. The highest BCUT2D eigenvalue weighted by Crippen LogP contribution is 2.44. The molecule has 3 N–H and O–H groups in total. The second kappa shape index (κ2) is 21.2. The van der Waals surface area contributed by atoms with Gasteiger partial charge in [0.15, 0.2) is 17.8 Å². The molecule has 0 aliphatic heterocycles. The molecule has 2 heterocycles. The fraction of sp³-hybridized carbons (Fsp3) is 0.839. The van der Waals surface area contributed by atoms with Crippen LogP contribution in [0.4, 0.5) is 5.82 Å². The Balaban J connectivity index is 1.72. The minimum atomic E-state index is -4.10. The van der Waals surface area contributed by atoms with Gasteiger partial charge in [0.1, 0.15) is 18.2 Å². The molecule has 0 aliphatic carbocycles. The van der Waals surface area contributed by atoms with E-state index in [0.717, 1.165) is 12.8 Å². The van der Waals surface area contributed by atoms with Gasteiger partial charge in [0.2, 0.25) is 0 Å². The van der Waals surface area contributed by atoms with Crippen LogP contribution < -0.4 is 5.73 Å². The Kier molecular flexibility index (Phi) is 18.5. The molecule has 0 bridgehead atoms. The number of nitrogens with zero attached hydrogens (tertiary/aromatic N) is 4. The molecule has 0 amide bonds. The maximum Gasteiger partial charge on any atom is 0.355 e. The number of hydrogen-bond acceptors (Lipinski definition) is 9. The lowest BCUT2D eigenvalue weighted by molar-refractivity contribution is -0.123. The Morgan fingerprint density at radius 3 is 2.14 bits per heavy atom. The zero-order valence-electron chi connectivity index (χ0n) is 27.3. The molecule has 2 aromatic rings. The van der Waals surface area contributed by atoms with Crippen LogP contribution in [0.2, 0.25) is 0 Å². The summed E-state index contributed by atoms with van der Waals surface area (Å²) in [4.78, 5) is 23.1. The molecule has 0 saturated heterocycles. The first-order chi connectivity index (χ1) is 20.6. The average molecular weight is 628 g/mol. The molecule has 43 heavy (non-hydrogen) atoms. The van der Waals surface area contributed by atoms with Crippen molar-refractivity contribution in [3.05, 3.63) is 12.7 Å². The number of ether oxygens (including phenoxy) is 3. The SMILES string of the molecule is CCCCCCCCCCCCCCC(C)OC(CC)OP(=O)(O)COC(COC(C)C)Cn1cnc2c(N)ncnc21. The molecule has 0 aliphatic rings. The fourth-order valence-electron chi connectivity index (χ4n) is 4.91. The lowest BCUT2D eigenvalue weighted by atomic mass is 10.0. The Bertz CT molecular complexity index is 1050. The molecule has 4 atom stereocenters. The third-order valence-electron chi connectivity index (χ3n) is 7.38. The van der Waals surface area contributed by atoms with Crippen molar-refractivity contribution in [1.29, 1.82) is 0 Å². The molecule has 0 saturated carbocycles. The number of fused-ring (bicyclic) bond motifs is 1. The lowest BCUT2D eigenvalue weighted by Crippen LogP contribution is -2.28. The van der Waals surface area contributed by atoms with Crippen molar-refractivity contribution in [2.45, 2.75) is 156 Å². The Hall–Kier alpha value is -1.62. The maximum atomic E-state index is 13.0. The summed E-state index contributed by atoms with van der Waals surface area (Å²) in [6, 6.07) is 0. The first-order valence-corrected chi connectivity index (χ1v) is 18.2. The van der Waals surface area contributed by atoms with Crippen LogP contribution in [0.1, 0.15) is 125 Å². The molecule has 2 aromatic heterocycles. The first kappa shape index (κ1) is 37.6. The number of hydrogen-bond donors (Lipinski definition) is 2. The highest BCUT2D eigenvalue weighted by Gasteiger charge is 2.28. The standard InChI is InChI=1S/C31H58N5O6P/c1-6-8-9-10-11-12-13-14-15-16-17-18-19-26(5)41-28(7-2)42-43(37,38)24-40-27(21-39-25(3)4)20-36-23-35-29-30(32)33-22-34-31(29)36/h22-23,25-28H,6-21,24H2,1-5H3,(H,37,38)(H2,32,33,34). The van der Waals surface area contributed by atoms with E-state index in [4.69, 9.17) is 24.5 Å². The molecule has 12 heteroatoms. The summed E-state index contributed by atoms with van der Waals surface area (Å²) in [5.74, 6) is 0.284. The van der Waals surface area contributed by atoms with E-state index in [1.165, 1.54) is 77.0 Å². The van der Waals surface area contributed by atoms with Crippen molar-refractivity contribution >= 4 is 24.6 Å². The largest absolute Gasteiger partial charge is 0.382 e. The van der Waals surface area contributed by atoms with Gasteiger partial charge in [0.05, 0.1) is 37.8 Å². The van der Waals surface area contributed by atoms with Gasteiger partial charge in [-0.1, -0.05) is 90.9 Å². The monoisotopic (exact) mass is 627 g/mol. The van der Waals surface area contributed by atoms with Crippen LogP contribution in [0, 0.1) is 0 Å². The second-order valence-corrected chi connectivity index (χ2v) is 13.6. The number of anilines is 1. The van der Waals surface area contributed by atoms with Gasteiger partial charge in [-0.15, -0.1) is 0 Å². The minimum absolute atomic E-state index is 0.0368. The van der Waals surface area contributed by atoms with Crippen LogP contribution in [-0.2, 0) is 29.8 Å². The van der Waals surface area contributed by atoms with Crippen LogP contribution >= 0.6 is 7.60 Å². The molecule has 248 valence electrons. The molecule has 2 rings (SSSR count). The van der Waals surface area contributed by atoms with E-state index in [9.17, 15) is 9.46 Å². The van der Waals surface area contributed by atoms with Crippen molar-refractivity contribution in [1.82, 2.24) is 19.5 Å². The molecule has 11 nitrogen and oxygen atoms in total. The number of aromatic nitrogens is 4. The lowest BCUT2D eigenvalue weighted by Gasteiger charge is -2.25. The Morgan fingerprint density at radius 1 is 0.907 bits per heavy atom. The number of rotatable bonds is 26. The highest BCUT2D eigenvalue weighted by atomic mass is 31.2. The van der Waals surface area contributed by atoms with Crippen molar-refractivity contribution in [2.24, 2.45) is 0 Å². The highest BCUT2D eigenvalue weighted by molar-refractivity contribution is 7.52. The van der Waals surface area contributed by atoms with Gasteiger partial charge in [-0.2, -0.15) is 0 Å².